The van der Waals surface area contributed by atoms with Crippen molar-refractivity contribution in [2.45, 2.75) is 45.1 Å². The maximum atomic E-state index is 12.6. The highest BCUT2D eigenvalue weighted by Crippen LogP contribution is 2.27. The lowest BCUT2D eigenvalue weighted by molar-refractivity contribution is 0.390. The summed E-state index contributed by atoms with van der Waals surface area (Å²) in [6.07, 6.45) is 0.619. The number of nitrogens with one attached hydrogen (secondary N) is 1. The van der Waals surface area contributed by atoms with E-state index in [4.69, 9.17) is 9.26 Å². The average Bonchev–Trinajstić information content (AvgIpc) is 2.84. The van der Waals surface area contributed by atoms with Gasteiger partial charge >= 0.3 is 0 Å². The standard InChI is InChI=1S/C16H22N2O4S/c1-6-14(13-7-8-15(21-5)10(2)9-13)18-23(19,20)16-11(3)17-22-12(16)4/h7-9,14,18H,6H2,1-5H3. The summed E-state index contributed by atoms with van der Waals surface area (Å²) in [4.78, 5) is 0.112. The van der Waals surface area contributed by atoms with Crippen LogP contribution >= 0.6 is 0 Å². The minimum Gasteiger partial charge on any atom is -0.496 e. The van der Waals surface area contributed by atoms with Crippen LogP contribution in [0.5, 0.6) is 5.75 Å². The average molecular weight is 338 g/mol. The normalized spacial score (nSPS) is 13.1. The zero-order valence-corrected chi connectivity index (χ0v) is 14.8. The molecule has 6 nitrogen and oxygen atoms in total. The molecule has 2 aromatic rings. The summed E-state index contributed by atoms with van der Waals surface area (Å²) in [6.45, 7) is 7.06. The van der Waals surface area contributed by atoms with Gasteiger partial charge in [-0.3, -0.25) is 0 Å². The van der Waals surface area contributed by atoms with Gasteiger partial charge in [-0.25, -0.2) is 13.1 Å². The van der Waals surface area contributed by atoms with Gasteiger partial charge in [0.2, 0.25) is 10.0 Å². The highest BCUT2D eigenvalue weighted by atomic mass is 32.2. The molecule has 23 heavy (non-hydrogen) atoms. The van der Waals surface area contributed by atoms with Crippen molar-refractivity contribution in [1.29, 1.82) is 0 Å². The largest absolute Gasteiger partial charge is 0.496 e. The Morgan fingerprint density at radius 1 is 1.30 bits per heavy atom. The Labute approximate surface area is 136 Å². The van der Waals surface area contributed by atoms with Gasteiger partial charge in [0.05, 0.1) is 7.11 Å². The highest BCUT2D eigenvalue weighted by molar-refractivity contribution is 7.89. The van der Waals surface area contributed by atoms with E-state index in [1.54, 1.807) is 21.0 Å². The van der Waals surface area contributed by atoms with Crippen LogP contribution in [-0.2, 0) is 10.0 Å². The molecule has 0 radical (unpaired) electrons. The summed E-state index contributed by atoms with van der Waals surface area (Å²) in [5.74, 6) is 1.06. The molecule has 0 amide bonds. The molecule has 0 aliphatic heterocycles. The third kappa shape index (κ3) is 3.56. The minimum atomic E-state index is -3.70. The summed E-state index contributed by atoms with van der Waals surface area (Å²) in [5.41, 5.74) is 2.21. The summed E-state index contributed by atoms with van der Waals surface area (Å²) < 4.78 is 38.3. The number of hydrogen-bond donors (Lipinski definition) is 1. The first-order valence-corrected chi connectivity index (χ1v) is 8.88. The van der Waals surface area contributed by atoms with E-state index in [1.165, 1.54) is 0 Å². The Balaban J connectivity index is 2.34. The lowest BCUT2D eigenvalue weighted by Crippen LogP contribution is -2.29. The van der Waals surface area contributed by atoms with Gasteiger partial charge in [0.15, 0.2) is 5.76 Å². The van der Waals surface area contributed by atoms with E-state index in [1.807, 2.05) is 32.0 Å². The van der Waals surface area contributed by atoms with Crippen molar-refractivity contribution in [1.82, 2.24) is 9.88 Å². The van der Waals surface area contributed by atoms with E-state index in [0.717, 1.165) is 16.9 Å². The van der Waals surface area contributed by atoms with Crippen molar-refractivity contribution in [3.8, 4) is 5.75 Å². The quantitative estimate of drug-likeness (QED) is 0.875. The van der Waals surface area contributed by atoms with E-state index in [-0.39, 0.29) is 16.7 Å². The van der Waals surface area contributed by atoms with Crippen LogP contribution in [-0.4, -0.2) is 20.7 Å². The van der Waals surface area contributed by atoms with Crippen LogP contribution in [0.2, 0.25) is 0 Å². The number of hydrogen-bond acceptors (Lipinski definition) is 5. The van der Waals surface area contributed by atoms with Crippen LogP contribution in [0.1, 0.15) is 42.0 Å². The lowest BCUT2D eigenvalue weighted by Gasteiger charge is -2.18. The molecular formula is C16H22N2O4S. The Bertz CT molecular complexity index is 777. The van der Waals surface area contributed by atoms with Crippen LogP contribution in [0.4, 0.5) is 0 Å². The maximum Gasteiger partial charge on any atom is 0.246 e. The molecule has 0 saturated heterocycles. The molecule has 7 heteroatoms. The van der Waals surface area contributed by atoms with Gasteiger partial charge in [0.1, 0.15) is 16.3 Å². The van der Waals surface area contributed by atoms with Crippen molar-refractivity contribution in [3.63, 3.8) is 0 Å². The van der Waals surface area contributed by atoms with Crippen molar-refractivity contribution in [3.05, 3.63) is 40.8 Å². The molecule has 0 fully saturated rings. The molecule has 126 valence electrons. The van der Waals surface area contributed by atoms with E-state index < -0.39 is 10.0 Å². The summed E-state index contributed by atoms with van der Waals surface area (Å²) in [7, 11) is -2.09. The summed E-state index contributed by atoms with van der Waals surface area (Å²) >= 11 is 0. The molecule has 1 heterocycles. The Hall–Kier alpha value is -1.86. The van der Waals surface area contributed by atoms with Crippen molar-refractivity contribution in [2.75, 3.05) is 7.11 Å². The zero-order chi connectivity index (χ0) is 17.2. The number of rotatable bonds is 6. The molecule has 1 N–H and O–H groups in total. The molecule has 0 aliphatic carbocycles. The minimum absolute atomic E-state index is 0.112. The topological polar surface area (TPSA) is 81.4 Å². The lowest BCUT2D eigenvalue weighted by atomic mass is 10.0. The van der Waals surface area contributed by atoms with Crippen LogP contribution in [0, 0.1) is 20.8 Å². The van der Waals surface area contributed by atoms with E-state index >= 15 is 0 Å². The van der Waals surface area contributed by atoms with Crippen LogP contribution in [0.15, 0.2) is 27.6 Å². The molecule has 1 atom stereocenters. The number of benzene rings is 1. The number of methoxy groups -OCH3 is 1. The second kappa shape index (κ2) is 6.72. The molecule has 1 aromatic heterocycles. The Morgan fingerprint density at radius 3 is 2.48 bits per heavy atom. The van der Waals surface area contributed by atoms with Crippen LogP contribution in [0.25, 0.3) is 0 Å². The van der Waals surface area contributed by atoms with Gasteiger partial charge < -0.3 is 9.26 Å². The predicted octanol–water partition coefficient (Wildman–Crippen LogP) is 3.04. The molecule has 0 spiro atoms. The molecule has 0 saturated carbocycles. The molecule has 0 bridgehead atoms. The van der Waals surface area contributed by atoms with Crippen molar-refractivity contribution < 1.29 is 17.7 Å². The second-order valence-electron chi connectivity index (χ2n) is 5.46. The molecular weight excluding hydrogens is 316 g/mol. The number of aryl methyl sites for hydroxylation is 3. The maximum absolute atomic E-state index is 12.6. The third-order valence-corrected chi connectivity index (χ3v) is 5.48. The van der Waals surface area contributed by atoms with Crippen molar-refractivity contribution >= 4 is 10.0 Å². The van der Waals surface area contributed by atoms with E-state index in [2.05, 4.69) is 9.88 Å². The van der Waals surface area contributed by atoms with Gasteiger partial charge in [-0.2, -0.15) is 0 Å². The predicted molar refractivity (Wildman–Crippen MR) is 87.1 cm³/mol. The van der Waals surface area contributed by atoms with Crippen LogP contribution < -0.4 is 9.46 Å². The van der Waals surface area contributed by atoms with E-state index in [9.17, 15) is 8.42 Å². The smallest absolute Gasteiger partial charge is 0.246 e. The number of nitrogens with zero attached hydrogens (tertiary/aromatic N) is 1. The fraction of sp³-hybridized carbons (Fsp3) is 0.438. The Morgan fingerprint density at radius 2 is 2.00 bits per heavy atom. The molecule has 1 aromatic carbocycles. The Kier molecular flexibility index (Phi) is 5.11. The first-order valence-electron chi connectivity index (χ1n) is 7.39. The van der Waals surface area contributed by atoms with Gasteiger partial charge in [0, 0.05) is 6.04 Å². The zero-order valence-electron chi connectivity index (χ0n) is 14.0. The summed E-state index contributed by atoms with van der Waals surface area (Å²) in [5, 5.41) is 3.71. The third-order valence-electron chi connectivity index (χ3n) is 3.76. The van der Waals surface area contributed by atoms with Gasteiger partial charge in [-0.15, -0.1) is 0 Å². The fourth-order valence-corrected chi connectivity index (χ4v) is 4.25. The first kappa shape index (κ1) is 17.5. The number of sulfonamides is 1. The van der Waals surface area contributed by atoms with Gasteiger partial charge in [0.25, 0.3) is 0 Å². The highest BCUT2D eigenvalue weighted by Gasteiger charge is 2.27. The number of aromatic nitrogens is 1. The molecule has 1 unspecified atom stereocenters. The monoisotopic (exact) mass is 338 g/mol. The molecule has 2 rings (SSSR count). The van der Waals surface area contributed by atoms with E-state index in [0.29, 0.717) is 12.1 Å². The van der Waals surface area contributed by atoms with Crippen LogP contribution in [0.3, 0.4) is 0 Å². The van der Waals surface area contributed by atoms with Crippen molar-refractivity contribution in [2.24, 2.45) is 0 Å². The second-order valence-corrected chi connectivity index (χ2v) is 7.12. The van der Waals surface area contributed by atoms with Gasteiger partial charge in [-0.05, 0) is 44.4 Å². The SMILES string of the molecule is CCC(NS(=O)(=O)c1c(C)noc1C)c1ccc(OC)c(C)c1. The summed E-state index contributed by atoms with van der Waals surface area (Å²) in [6, 6.07) is 5.31. The van der Waals surface area contributed by atoms with Gasteiger partial charge in [-0.1, -0.05) is 24.2 Å². The molecule has 0 aliphatic rings. The fourth-order valence-electron chi connectivity index (χ4n) is 2.61. The first-order chi connectivity index (χ1) is 10.8. The number of ether oxygens (including phenoxy) is 1.